The van der Waals surface area contributed by atoms with E-state index in [1.54, 1.807) is 69.3 Å². The van der Waals surface area contributed by atoms with Crippen LogP contribution in [0.25, 0.3) is 10.9 Å². The number of hydrogen-bond donors (Lipinski definition) is 0. The predicted molar refractivity (Wildman–Crippen MR) is 142 cm³/mol. The Hall–Kier alpha value is -4.15. The normalized spacial score (nSPS) is 13.0. The number of carbonyl (C=O) groups excluding carboxylic acids is 1. The first-order valence-electron chi connectivity index (χ1n) is 12.8. The third-order valence-electron chi connectivity index (χ3n) is 6.57. The van der Waals surface area contributed by atoms with Gasteiger partial charge in [-0.2, -0.15) is 26.3 Å². The smallest absolute Gasteiger partial charge is 0.328 e. The van der Waals surface area contributed by atoms with Gasteiger partial charge in [-0.1, -0.05) is 56.3 Å². The summed E-state index contributed by atoms with van der Waals surface area (Å²) in [5.74, 6) is -1.12. The van der Waals surface area contributed by atoms with Crippen LogP contribution in [-0.4, -0.2) is 26.9 Å². The van der Waals surface area contributed by atoms with Crippen molar-refractivity contribution in [3.05, 3.63) is 111 Å². The lowest BCUT2D eigenvalue weighted by Crippen LogP contribution is -2.40. The lowest BCUT2D eigenvalue weighted by atomic mass is 10.0. The van der Waals surface area contributed by atoms with Crippen molar-refractivity contribution in [1.29, 1.82) is 0 Å². The highest BCUT2D eigenvalue weighted by Gasteiger charge is 2.38. The van der Waals surface area contributed by atoms with Gasteiger partial charge in [0.15, 0.2) is 0 Å². The van der Waals surface area contributed by atoms with Gasteiger partial charge in [-0.25, -0.2) is 4.98 Å². The van der Waals surface area contributed by atoms with Gasteiger partial charge in [0.05, 0.1) is 34.6 Å². The molecule has 1 aromatic heterocycles. The molecule has 1 amide bonds. The minimum Gasteiger partial charge on any atom is -0.328 e. The van der Waals surface area contributed by atoms with Crippen molar-refractivity contribution in [1.82, 2.24) is 14.5 Å². The van der Waals surface area contributed by atoms with Crippen LogP contribution in [0.5, 0.6) is 0 Å². The lowest BCUT2D eigenvalue weighted by Gasteiger charge is -2.32. The molecular formula is C30H27F6N3O2. The summed E-state index contributed by atoms with van der Waals surface area (Å²) in [5.41, 5.74) is -3.22. The van der Waals surface area contributed by atoms with Crippen LogP contribution in [0.2, 0.25) is 0 Å². The average molecular weight is 576 g/mol. The Morgan fingerprint density at radius 3 is 1.98 bits per heavy atom. The molecule has 0 N–H and O–H groups in total. The molecule has 1 atom stereocenters. The lowest BCUT2D eigenvalue weighted by molar-refractivity contribution is -0.143. The number of halogens is 6. The van der Waals surface area contributed by atoms with Gasteiger partial charge in [-0.15, -0.1) is 0 Å². The van der Waals surface area contributed by atoms with Crippen LogP contribution in [0, 0.1) is 5.92 Å². The molecular weight excluding hydrogens is 548 g/mol. The summed E-state index contributed by atoms with van der Waals surface area (Å²) in [5, 5.41) is 0.328. The van der Waals surface area contributed by atoms with E-state index in [1.165, 1.54) is 9.47 Å². The van der Waals surface area contributed by atoms with E-state index in [4.69, 9.17) is 0 Å². The molecule has 0 aliphatic heterocycles. The van der Waals surface area contributed by atoms with E-state index < -0.39 is 46.6 Å². The van der Waals surface area contributed by atoms with Crippen molar-refractivity contribution in [2.75, 3.05) is 6.54 Å². The Labute approximate surface area is 232 Å². The number of amides is 1. The van der Waals surface area contributed by atoms with Gasteiger partial charge in [-0.3, -0.25) is 14.2 Å². The van der Waals surface area contributed by atoms with Gasteiger partial charge in [-0.05, 0) is 48.7 Å². The number of benzene rings is 3. The number of aromatic nitrogens is 2. The second-order valence-corrected chi connectivity index (χ2v) is 10.2. The van der Waals surface area contributed by atoms with Crippen LogP contribution >= 0.6 is 0 Å². The van der Waals surface area contributed by atoms with Gasteiger partial charge in [0.2, 0.25) is 0 Å². The summed E-state index contributed by atoms with van der Waals surface area (Å²) < 4.78 is 82.7. The summed E-state index contributed by atoms with van der Waals surface area (Å²) in [4.78, 5) is 33.2. The topological polar surface area (TPSA) is 55.2 Å². The molecule has 0 spiro atoms. The fraction of sp³-hybridized carbons (Fsp3) is 0.300. The van der Waals surface area contributed by atoms with Crippen LogP contribution in [0.15, 0.2) is 77.6 Å². The number of hydrogen-bond acceptors (Lipinski definition) is 3. The summed E-state index contributed by atoms with van der Waals surface area (Å²) in [6, 6.07) is 15.4. The largest absolute Gasteiger partial charge is 0.416 e. The molecule has 0 bridgehead atoms. The zero-order valence-electron chi connectivity index (χ0n) is 22.4. The van der Waals surface area contributed by atoms with Crippen LogP contribution in [0.4, 0.5) is 26.3 Å². The highest BCUT2D eigenvalue weighted by atomic mass is 19.4. The highest BCUT2D eigenvalue weighted by Crippen LogP contribution is 2.37. The Bertz CT molecular complexity index is 1580. The first-order chi connectivity index (χ1) is 19.2. The summed E-state index contributed by atoms with van der Waals surface area (Å²) in [7, 11) is 0. The zero-order chi connectivity index (χ0) is 30.1. The van der Waals surface area contributed by atoms with Crippen molar-refractivity contribution in [2.24, 2.45) is 5.92 Å². The number of carbonyl (C=O) groups is 1. The molecule has 0 radical (unpaired) electrons. The molecule has 0 aliphatic rings. The third kappa shape index (κ3) is 6.61. The summed E-state index contributed by atoms with van der Waals surface area (Å²) >= 11 is 0. The molecule has 5 nitrogen and oxygen atoms in total. The molecule has 1 unspecified atom stereocenters. The Balaban J connectivity index is 1.89. The number of nitrogens with zero attached hydrogens (tertiary/aromatic N) is 3. The first kappa shape index (κ1) is 29.8. The minimum absolute atomic E-state index is 0.0184. The molecule has 11 heteroatoms. The van der Waals surface area contributed by atoms with Crippen LogP contribution in [0.1, 0.15) is 59.7 Å². The molecule has 216 valence electrons. The number of alkyl halides is 6. The maximum absolute atomic E-state index is 13.7. The van der Waals surface area contributed by atoms with Crippen LogP contribution in [0.3, 0.4) is 0 Å². The van der Waals surface area contributed by atoms with E-state index in [1.807, 2.05) is 6.07 Å². The van der Waals surface area contributed by atoms with Gasteiger partial charge in [0.1, 0.15) is 5.82 Å². The predicted octanol–water partition coefficient (Wildman–Crippen LogP) is 7.34. The monoisotopic (exact) mass is 575 g/mol. The third-order valence-corrected chi connectivity index (χ3v) is 6.57. The van der Waals surface area contributed by atoms with E-state index in [0.29, 0.717) is 23.0 Å². The average Bonchev–Trinajstić information content (AvgIpc) is 2.91. The van der Waals surface area contributed by atoms with Crippen LogP contribution < -0.4 is 5.56 Å². The van der Waals surface area contributed by atoms with E-state index in [0.717, 1.165) is 5.56 Å². The molecule has 0 fully saturated rings. The molecule has 3 aromatic carbocycles. The molecule has 0 aliphatic carbocycles. The van der Waals surface area contributed by atoms with Crippen LogP contribution in [-0.2, 0) is 18.9 Å². The van der Waals surface area contributed by atoms with Gasteiger partial charge in [0.25, 0.3) is 11.5 Å². The van der Waals surface area contributed by atoms with E-state index in [2.05, 4.69) is 4.98 Å². The summed E-state index contributed by atoms with van der Waals surface area (Å²) in [6.07, 6.45) is -10.2. The molecule has 4 aromatic rings. The molecule has 0 saturated carbocycles. The van der Waals surface area contributed by atoms with Crippen molar-refractivity contribution in [3.8, 4) is 0 Å². The first-order valence-corrected chi connectivity index (χ1v) is 12.8. The maximum Gasteiger partial charge on any atom is 0.416 e. The van der Waals surface area contributed by atoms with E-state index in [-0.39, 0.29) is 30.9 Å². The van der Waals surface area contributed by atoms with E-state index >= 15 is 0 Å². The van der Waals surface area contributed by atoms with Crippen molar-refractivity contribution >= 4 is 16.8 Å². The number of para-hydroxylation sites is 1. The standard InChI is InChI=1S/C30H27F6N3O2/c1-18(2)16-38(27(40)21-13-22(29(31,32)33)15-23(14-21)30(34,35)36)19(3)26-37-25-12-8-7-11-24(25)28(41)39(26)17-20-9-5-4-6-10-20/h4-15,18-19H,16-17H2,1-3H3. The number of fused-ring (bicyclic) bond motifs is 1. The van der Waals surface area contributed by atoms with E-state index in [9.17, 15) is 35.9 Å². The van der Waals surface area contributed by atoms with Crippen molar-refractivity contribution in [3.63, 3.8) is 0 Å². The molecule has 0 saturated heterocycles. The van der Waals surface area contributed by atoms with Crippen molar-refractivity contribution < 1.29 is 31.1 Å². The Kier molecular flexibility index (Phi) is 8.28. The molecule has 41 heavy (non-hydrogen) atoms. The van der Waals surface area contributed by atoms with Gasteiger partial charge < -0.3 is 4.90 Å². The van der Waals surface area contributed by atoms with Gasteiger partial charge in [0, 0.05) is 12.1 Å². The number of rotatable bonds is 7. The summed E-state index contributed by atoms with van der Waals surface area (Å²) in [6.45, 7) is 5.13. The fourth-order valence-electron chi connectivity index (χ4n) is 4.62. The second kappa shape index (κ2) is 11.4. The maximum atomic E-state index is 13.7. The van der Waals surface area contributed by atoms with Gasteiger partial charge >= 0.3 is 12.4 Å². The quantitative estimate of drug-likeness (QED) is 0.217. The molecule has 4 rings (SSSR count). The SMILES string of the molecule is CC(C)CN(C(=O)c1cc(C(F)(F)F)cc(C(F)(F)F)c1)C(C)c1nc2ccccc2c(=O)n1Cc1ccccc1. The minimum atomic E-state index is -5.11. The Morgan fingerprint density at radius 1 is 0.854 bits per heavy atom. The Morgan fingerprint density at radius 2 is 1.41 bits per heavy atom. The fourth-order valence-corrected chi connectivity index (χ4v) is 4.62. The zero-order valence-corrected chi connectivity index (χ0v) is 22.4. The van der Waals surface area contributed by atoms with Crippen molar-refractivity contribution in [2.45, 2.75) is 45.7 Å². The highest BCUT2D eigenvalue weighted by molar-refractivity contribution is 5.95. The second-order valence-electron chi connectivity index (χ2n) is 10.2. The molecule has 1 heterocycles.